The Hall–Kier alpha value is -0.610. The smallest absolute Gasteiger partial charge is 0.221 e. The van der Waals surface area contributed by atoms with Gasteiger partial charge in [-0.25, -0.2) is 0 Å². The number of carbonyl (C=O) groups excluding carboxylic acids is 1. The number of carbonyl (C=O) groups is 1. The molecule has 0 aromatic rings. The van der Waals surface area contributed by atoms with Crippen LogP contribution in [0.15, 0.2) is 0 Å². The zero-order valence-corrected chi connectivity index (χ0v) is 11.1. The normalized spacial score (nSPS) is 12.8. The van der Waals surface area contributed by atoms with Crippen molar-refractivity contribution in [3.05, 3.63) is 0 Å². The van der Waals surface area contributed by atoms with Crippen LogP contribution in [0.4, 0.5) is 0 Å². The van der Waals surface area contributed by atoms with Crippen molar-refractivity contribution >= 4 is 5.91 Å². The van der Waals surface area contributed by atoms with E-state index in [1.165, 1.54) is 0 Å². The molecule has 0 saturated heterocycles. The lowest BCUT2D eigenvalue weighted by atomic mass is 10.2. The lowest BCUT2D eigenvalue weighted by Crippen LogP contribution is -2.34. The fraction of sp³-hybridized carbons (Fsp3) is 0.917. The molecule has 0 aliphatic rings. The van der Waals surface area contributed by atoms with Crippen molar-refractivity contribution in [2.75, 3.05) is 33.8 Å². The van der Waals surface area contributed by atoms with E-state index >= 15 is 0 Å². The van der Waals surface area contributed by atoms with Crippen molar-refractivity contribution in [1.29, 1.82) is 0 Å². The van der Waals surface area contributed by atoms with Gasteiger partial charge in [0.25, 0.3) is 0 Å². The van der Waals surface area contributed by atoms with Gasteiger partial charge in [0.15, 0.2) is 0 Å². The first kappa shape index (κ1) is 15.4. The molecule has 0 spiro atoms. The molecule has 0 rings (SSSR count). The Bertz CT molecular complexity index is 184. The van der Waals surface area contributed by atoms with Crippen LogP contribution >= 0.6 is 0 Å². The van der Waals surface area contributed by atoms with Crippen molar-refractivity contribution < 1.29 is 9.53 Å². The number of nitrogens with zero attached hydrogens (tertiary/aromatic N) is 1. The molecule has 4 heteroatoms. The van der Waals surface area contributed by atoms with E-state index < -0.39 is 0 Å². The second-order valence-electron chi connectivity index (χ2n) is 4.26. The van der Waals surface area contributed by atoms with Gasteiger partial charge in [-0.2, -0.15) is 0 Å². The van der Waals surface area contributed by atoms with E-state index in [1.807, 2.05) is 19.0 Å². The molecule has 0 heterocycles. The van der Waals surface area contributed by atoms with Gasteiger partial charge < -0.3 is 15.0 Å². The maximum Gasteiger partial charge on any atom is 0.221 e. The summed E-state index contributed by atoms with van der Waals surface area (Å²) >= 11 is 0. The molecular weight excluding hydrogens is 204 g/mol. The summed E-state index contributed by atoms with van der Waals surface area (Å²) < 4.78 is 5.59. The van der Waals surface area contributed by atoms with E-state index in [0.717, 1.165) is 26.0 Å². The third-order valence-corrected chi connectivity index (χ3v) is 2.33. The predicted octanol–water partition coefficient (Wildman–Crippen LogP) is 1.26. The van der Waals surface area contributed by atoms with Gasteiger partial charge in [0.1, 0.15) is 0 Å². The van der Waals surface area contributed by atoms with Crippen molar-refractivity contribution in [2.45, 2.75) is 39.2 Å². The van der Waals surface area contributed by atoms with Gasteiger partial charge in [0.05, 0.1) is 6.10 Å². The summed E-state index contributed by atoms with van der Waals surface area (Å²) in [5.74, 6) is 0.104. The van der Waals surface area contributed by atoms with E-state index in [-0.39, 0.29) is 12.0 Å². The largest absolute Gasteiger partial charge is 0.376 e. The Morgan fingerprint density at radius 1 is 1.38 bits per heavy atom. The fourth-order valence-electron chi connectivity index (χ4n) is 1.25. The molecule has 1 unspecified atom stereocenters. The Morgan fingerprint density at radius 2 is 2.06 bits per heavy atom. The number of amides is 1. The monoisotopic (exact) mass is 230 g/mol. The van der Waals surface area contributed by atoms with Crippen LogP contribution in [0.1, 0.15) is 33.1 Å². The van der Waals surface area contributed by atoms with Crippen molar-refractivity contribution in [3.8, 4) is 0 Å². The molecule has 96 valence electrons. The zero-order valence-electron chi connectivity index (χ0n) is 11.1. The Labute approximate surface area is 99.3 Å². The molecule has 1 amide bonds. The Kier molecular flexibility index (Phi) is 9.24. The molecule has 0 aliphatic carbocycles. The molecule has 0 aliphatic heterocycles. The second-order valence-corrected chi connectivity index (χ2v) is 4.26. The molecule has 0 aromatic carbocycles. The van der Waals surface area contributed by atoms with Crippen molar-refractivity contribution in [3.63, 3.8) is 0 Å². The molecule has 0 aromatic heterocycles. The van der Waals surface area contributed by atoms with Crippen LogP contribution in [0, 0.1) is 0 Å². The summed E-state index contributed by atoms with van der Waals surface area (Å²) in [7, 11) is 3.93. The van der Waals surface area contributed by atoms with Crippen LogP contribution in [0.2, 0.25) is 0 Å². The number of hydrogen-bond acceptors (Lipinski definition) is 3. The van der Waals surface area contributed by atoms with E-state index in [2.05, 4.69) is 19.2 Å². The quantitative estimate of drug-likeness (QED) is 0.648. The minimum absolute atomic E-state index is 0.104. The van der Waals surface area contributed by atoms with Gasteiger partial charge in [-0.15, -0.1) is 0 Å². The maximum absolute atomic E-state index is 11.4. The topological polar surface area (TPSA) is 41.6 Å². The summed E-state index contributed by atoms with van der Waals surface area (Å²) in [5.41, 5.74) is 0. The van der Waals surface area contributed by atoms with Gasteiger partial charge in [0.2, 0.25) is 5.91 Å². The van der Waals surface area contributed by atoms with Crippen LogP contribution in [0.25, 0.3) is 0 Å². The fourth-order valence-corrected chi connectivity index (χ4v) is 1.25. The third-order valence-electron chi connectivity index (χ3n) is 2.33. The average Bonchev–Trinajstić information content (AvgIpc) is 2.26. The van der Waals surface area contributed by atoms with Gasteiger partial charge in [-0.05, 0) is 26.9 Å². The second kappa shape index (κ2) is 9.60. The highest BCUT2D eigenvalue weighted by atomic mass is 16.5. The number of ether oxygens (including phenoxy) is 1. The van der Waals surface area contributed by atoms with E-state index in [9.17, 15) is 4.79 Å². The highest BCUT2D eigenvalue weighted by Gasteiger charge is 2.08. The molecule has 0 fully saturated rings. The zero-order chi connectivity index (χ0) is 12.4. The lowest BCUT2D eigenvalue weighted by molar-refractivity contribution is -0.122. The van der Waals surface area contributed by atoms with E-state index in [4.69, 9.17) is 4.74 Å². The standard InChI is InChI=1S/C12H26N2O2/c1-5-9-16-11(6-2)10-13-12(15)7-8-14(3)4/h11H,5-10H2,1-4H3,(H,13,15). The molecule has 0 radical (unpaired) electrons. The molecule has 1 N–H and O–H groups in total. The minimum atomic E-state index is 0.104. The van der Waals surface area contributed by atoms with E-state index in [1.54, 1.807) is 0 Å². The molecule has 0 bridgehead atoms. The van der Waals surface area contributed by atoms with Crippen LogP contribution < -0.4 is 5.32 Å². The summed E-state index contributed by atoms with van der Waals surface area (Å²) in [6.45, 7) is 6.35. The molecule has 16 heavy (non-hydrogen) atoms. The first-order valence-corrected chi connectivity index (χ1v) is 6.13. The van der Waals surface area contributed by atoms with Crippen LogP contribution in [-0.2, 0) is 9.53 Å². The van der Waals surface area contributed by atoms with Crippen molar-refractivity contribution in [1.82, 2.24) is 10.2 Å². The first-order chi connectivity index (χ1) is 7.60. The highest BCUT2D eigenvalue weighted by Crippen LogP contribution is 1.97. The van der Waals surface area contributed by atoms with Crippen LogP contribution in [-0.4, -0.2) is 50.7 Å². The van der Waals surface area contributed by atoms with Crippen LogP contribution in [0.5, 0.6) is 0 Å². The Morgan fingerprint density at radius 3 is 2.56 bits per heavy atom. The molecule has 0 saturated carbocycles. The first-order valence-electron chi connectivity index (χ1n) is 6.13. The highest BCUT2D eigenvalue weighted by molar-refractivity contribution is 5.76. The number of rotatable bonds is 9. The van der Waals surface area contributed by atoms with Gasteiger partial charge in [0, 0.05) is 26.1 Å². The van der Waals surface area contributed by atoms with Gasteiger partial charge in [-0.3, -0.25) is 4.79 Å². The maximum atomic E-state index is 11.4. The SMILES string of the molecule is CCCOC(CC)CNC(=O)CCN(C)C. The Balaban J connectivity index is 3.62. The number of hydrogen-bond donors (Lipinski definition) is 1. The molecular formula is C12H26N2O2. The average molecular weight is 230 g/mol. The van der Waals surface area contributed by atoms with Crippen LogP contribution in [0.3, 0.4) is 0 Å². The lowest BCUT2D eigenvalue weighted by Gasteiger charge is -2.17. The minimum Gasteiger partial charge on any atom is -0.376 e. The summed E-state index contributed by atoms with van der Waals surface area (Å²) in [5, 5.41) is 2.91. The van der Waals surface area contributed by atoms with Gasteiger partial charge in [-0.1, -0.05) is 13.8 Å². The summed E-state index contributed by atoms with van der Waals surface area (Å²) in [4.78, 5) is 13.5. The molecule has 1 atom stereocenters. The number of nitrogens with one attached hydrogen (secondary N) is 1. The van der Waals surface area contributed by atoms with E-state index in [0.29, 0.717) is 13.0 Å². The van der Waals surface area contributed by atoms with Crippen molar-refractivity contribution in [2.24, 2.45) is 0 Å². The van der Waals surface area contributed by atoms with Gasteiger partial charge >= 0.3 is 0 Å². The molecule has 4 nitrogen and oxygen atoms in total. The third kappa shape index (κ3) is 8.68. The predicted molar refractivity (Wildman–Crippen MR) is 66.5 cm³/mol. The summed E-state index contributed by atoms with van der Waals surface area (Å²) in [6, 6.07) is 0. The summed E-state index contributed by atoms with van der Waals surface area (Å²) in [6.07, 6.45) is 2.67.